The first-order valence-corrected chi connectivity index (χ1v) is 9.55. The Morgan fingerprint density at radius 3 is 2.55 bits per heavy atom. The minimum Gasteiger partial charge on any atom is -0.444 e. The van der Waals surface area contributed by atoms with Crippen LogP contribution in [0.2, 0.25) is 0 Å². The van der Waals surface area contributed by atoms with E-state index in [2.05, 4.69) is 0 Å². The number of hydrogen-bond donors (Lipinski definition) is 0. The van der Waals surface area contributed by atoms with Crippen molar-refractivity contribution in [2.24, 2.45) is 0 Å². The Morgan fingerprint density at radius 2 is 2.05 bits per heavy atom. The molecule has 2 unspecified atom stereocenters. The molecule has 3 rings (SSSR count). The van der Waals surface area contributed by atoms with E-state index < -0.39 is 15.6 Å². The van der Waals surface area contributed by atoms with Crippen LogP contribution in [0.1, 0.15) is 27.2 Å². The zero-order valence-corrected chi connectivity index (χ0v) is 14.5. The van der Waals surface area contributed by atoms with Gasteiger partial charge < -0.3 is 9.64 Å². The fourth-order valence-electron chi connectivity index (χ4n) is 2.99. The van der Waals surface area contributed by atoms with Gasteiger partial charge in [-0.05, 0) is 38.6 Å². The molecular weight excluding hydrogens is 324 g/mol. The molecule has 0 aliphatic carbocycles. The van der Waals surface area contributed by atoms with Crippen LogP contribution in [0.3, 0.4) is 0 Å². The van der Waals surface area contributed by atoms with E-state index in [0.29, 0.717) is 23.7 Å². The molecular formula is C14H20N2O4S2. The summed E-state index contributed by atoms with van der Waals surface area (Å²) in [4.78, 5) is 13.8. The van der Waals surface area contributed by atoms with Gasteiger partial charge in [-0.3, -0.25) is 0 Å². The van der Waals surface area contributed by atoms with Crippen molar-refractivity contribution in [2.45, 2.75) is 49.1 Å². The Labute approximate surface area is 134 Å². The summed E-state index contributed by atoms with van der Waals surface area (Å²) in [6, 6.07) is 3.12. The number of hydrogen-bond acceptors (Lipinski definition) is 5. The molecule has 8 heteroatoms. The molecule has 1 amide bonds. The first-order valence-electron chi connectivity index (χ1n) is 7.23. The van der Waals surface area contributed by atoms with Crippen molar-refractivity contribution < 1.29 is 17.9 Å². The van der Waals surface area contributed by atoms with Gasteiger partial charge in [0.2, 0.25) is 0 Å². The maximum Gasteiger partial charge on any atom is 0.410 e. The summed E-state index contributed by atoms with van der Waals surface area (Å²) in [5.74, 6) is 0. The van der Waals surface area contributed by atoms with Crippen molar-refractivity contribution in [2.75, 3.05) is 13.1 Å². The minimum atomic E-state index is -3.44. The molecule has 0 spiro atoms. The summed E-state index contributed by atoms with van der Waals surface area (Å²) < 4.78 is 32.5. The number of rotatable bonds is 2. The average molecular weight is 344 g/mol. The Kier molecular flexibility index (Phi) is 3.73. The van der Waals surface area contributed by atoms with E-state index in [1.165, 1.54) is 15.6 Å². The number of nitrogens with zero attached hydrogens (tertiary/aromatic N) is 2. The fraction of sp³-hybridized carbons (Fsp3) is 0.643. The van der Waals surface area contributed by atoms with E-state index >= 15 is 0 Å². The number of ether oxygens (including phenoxy) is 1. The predicted molar refractivity (Wildman–Crippen MR) is 83.3 cm³/mol. The van der Waals surface area contributed by atoms with E-state index in [4.69, 9.17) is 4.74 Å². The second kappa shape index (κ2) is 5.21. The molecule has 6 nitrogen and oxygen atoms in total. The van der Waals surface area contributed by atoms with Gasteiger partial charge in [-0.1, -0.05) is 6.07 Å². The van der Waals surface area contributed by atoms with E-state index in [-0.39, 0.29) is 18.2 Å². The summed E-state index contributed by atoms with van der Waals surface area (Å²) in [5, 5.41) is 1.76. The van der Waals surface area contributed by atoms with Gasteiger partial charge in [0.25, 0.3) is 10.0 Å². The molecule has 2 aliphatic rings. The highest BCUT2D eigenvalue weighted by molar-refractivity contribution is 7.91. The number of carbonyl (C=O) groups is 1. The number of sulfonamides is 1. The lowest BCUT2D eigenvalue weighted by Gasteiger charge is -2.34. The summed E-state index contributed by atoms with van der Waals surface area (Å²) in [7, 11) is -3.44. The van der Waals surface area contributed by atoms with Crippen molar-refractivity contribution in [3.63, 3.8) is 0 Å². The van der Waals surface area contributed by atoms with Gasteiger partial charge >= 0.3 is 6.09 Å². The van der Waals surface area contributed by atoms with Crippen molar-refractivity contribution in [3.8, 4) is 0 Å². The molecule has 1 aromatic heterocycles. The first kappa shape index (κ1) is 15.8. The molecule has 0 N–H and O–H groups in total. The normalized spacial score (nSPS) is 25.7. The molecule has 3 heterocycles. The number of carbonyl (C=O) groups excluding carboxylic acids is 1. The zero-order valence-electron chi connectivity index (χ0n) is 12.9. The van der Waals surface area contributed by atoms with Crippen molar-refractivity contribution in [3.05, 3.63) is 17.5 Å². The van der Waals surface area contributed by atoms with E-state index in [1.54, 1.807) is 22.4 Å². The van der Waals surface area contributed by atoms with Gasteiger partial charge in [0.05, 0.1) is 6.04 Å². The third-order valence-electron chi connectivity index (χ3n) is 3.88. The van der Waals surface area contributed by atoms with Crippen LogP contribution in [-0.2, 0) is 14.8 Å². The second-order valence-electron chi connectivity index (χ2n) is 6.68. The topological polar surface area (TPSA) is 66.9 Å². The van der Waals surface area contributed by atoms with Gasteiger partial charge in [-0.25, -0.2) is 13.2 Å². The average Bonchev–Trinajstić information content (AvgIpc) is 3.12. The van der Waals surface area contributed by atoms with Crippen LogP contribution in [0.5, 0.6) is 0 Å². The van der Waals surface area contributed by atoms with Crippen molar-refractivity contribution in [1.82, 2.24) is 9.21 Å². The van der Waals surface area contributed by atoms with Crippen LogP contribution in [0, 0.1) is 0 Å². The molecule has 2 atom stereocenters. The SMILES string of the molecule is CC(C)(C)OC(=O)N1CC2CC1CN2S(=O)(=O)c1cccs1. The Bertz CT molecular complexity index is 664. The second-order valence-corrected chi connectivity index (χ2v) is 9.75. The van der Waals surface area contributed by atoms with E-state index in [1.807, 2.05) is 20.8 Å². The number of likely N-dealkylation sites (tertiary alicyclic amines) is 1. The van der Waals surface area contributed by atoms with E-state index in [0.717, 1.165) is 0 Å². The number of fused-ring (bicyclic) bond motifs is 2. The highest BCUT2D eigenvalue weighted by Gasteiger charge is 2.51. The fourth-order valence-corrected chi connectivity index (χ4v) is 5.78. The molecule has 122 valence electrons. The third-order valence-corrected chi connectivity index (χ3v) is 7.17. The van der Waals surface area contributed by atoms with Gasteiger partial charge in [0.1, 0.15) is 9.81 Å². The van der Waals surface area contributed by atoms with Gasteiger partial charge in [0.15, 0.2) is 0 Å². The van der Waals surface area contributed by atoms with Crippen LogP contribution in [0.15, 0.2) is 21.7 Å². The molecule has 22 heavy (non-hydrogen) atoms. The van der Waals surface area contributed by atoms with Crippen molar-refractivity contribution in [1.29, 1.82) is 0 Å². The lowest BCUT2D eigenvalue weighted by Crippen LogP contribution is -2.51. The maximum absolute atomic E-state index is 12.6. The van der Waals surface area contributed by atoms with Crippen molar-refractivity contribution >= 4 is 27.5 Å². The third kappa shape index (κ3) is 2.75. The van der Waals surface area contributed by atoms with E-state index in [9.17, 15) is 13.2 Å². The molecule has 0 saturated carbocycles. The molecule has 0 radical (unpaired) electrons. The lowest BCUT2D eigenvalue weighted by molar-refractivity contribution is 0.0173. The highest BCUT2D eigenvalue weighted by Crippen LogP contribution is 2.36. The molecule has 0 aromatic carbocycles. The van der Waals surface area contributed by atoms with Crippen LogP contribution in [0.25, 0.3) is 0 Å². The van der Waals surface area contributed by atoms with Crippen LogP contribution >= 0.6 is 11.3 Å². The highest BCUT2D eigenvalue weighted by atomic mass is 32.2. The minimum absolute atomic E-state index is 0.0883. The van der Waals surface area contributed by atoms with Gasteiger partial charge in [-0.2, -0.15) is 4.31 Å². The maximum atomic E-state index is 12.6. The molecule has 2 fully saturated rings. The van der Waals surface area contributed by atoms with Crippen LogP contribution in [0.4, 0.5) is 4.79 Å². The number of thiophene rings is 1. The molecule has 1 aromatic rings. The summed E-state index contributed by atoms with van der Waals surface area (Å²) in [6.45, 7) is 6.24. The predicted octanol–water partition coefficient (Wildman–Crippen LogP) is 2.13. The monoisotopic (exact) mass is 344 g/mol. The van der Waals surface area contributed by atoms with Gasteiger partial charge in [-0.15, -0.1) is 11.3 Å². The molecule has 2 saturated heterocycles. The summed E-state index contributed by atoms with van der Waals surface area (Å²) in [6.07, 6.45) is 0.331. The Hall–Kier alpha value is -1.12. The van der Waals surface area contributed by atoms with Crippen LogP contribution in [-0.4, -0.2) is 54.5 Å². The Morgan fingerprint density at radius 1 is 1.32 bits per heavy atom. The zero-order chi connectivity index (χ0) is 16.1. The van der Waals surface area contributed by atoms with Crippen LogP contribution < -0.4 is 0 Å². The summed E-state index contributed by atoms with van der Waals surface area (Å²) >= 11 is 1.22. The number of piperazine rings is 1. The number of amides is 1. The summed E-state index contributed by atoms with van der Waals surface area (Å²) in [5.41, 5.74) is -0.540. The largest absolute Gasteiger partial charge is 0.444 e. The molecule has 2 bridgehead atoms. The van der Waals surface area contributed by atoms with Gasteiger partial charge in [0, 0.05) is 19.1 Å². The molecule has 2 aliphatic heterocycles. The standard InChI is InChI=1S/C14H20N2O4S2/c1-14(2,3)20-13(17)15-8-11-7-10(15)9-16(11)22(18,19)12-5-4-6-21-12/h4-6,10-11H,7-9H2,1-3H3. The first-order chi connectivity index (χ1) is 10.2. The lowest BCUT2D eigenvalue weighted by atomic mass is 10.2. The Balaban J connectivity index is 1.71. The smallest absolute Gasteiger partial charge is 0.410 e. The quantitative estimate of drug-likeness (QED) is 0.824.